The minimum absolute atomic E-state index is 0.0653. The Kier molecular flexibility index (Phi) is 3.08. The van der Waals surface area contributed by atoms with E-state index in [0.29, 0.717) is 6.61 Å². The normalized spacial score (nSPS) is 22.9. The van der Waals surface area contributed by atoms with Crippen molar-refractivity contribution in [1.82, 2.24) is 0 Å². The molecule has 1 saturated heterocycles. The molecule has 0 saturated carbocycles. The number of ether oxygens (including phenoxy) is 1. The summed E-state index contributed by atoms with van der Waals surface area (Å²) in [5.74, 6) is 0.318. The average Bonchev–Trinajstić information content (AvgIpc) is 2.91. The Bertz CT molecular complexity index is 464. The van der Waals surface area contributed by atoms with Gasteiger partial charge < -0.3 is 9.64 Å². The van der Waals surface area contributed by atoms with Crippen LogP contribution in [0.15, 0.2) is 18.2 Å². The van der Waals surface area contributed by atoms with Gasteiger partial charge in [0.2, 0.25) is 5.91 Å². The first-order valence-electron chi connectivity index (χ1n) is 6.75. The number of fused-ring (bicyclic) bond motifs is 1. The number of amides is 1. The molecule has 3 nitrogen and oxygen atoms in total. The quantitative estimate of drug-likeness (QED) is 0.760. The lowest BCUT2D eigenvalue weighted by molar-refractivity contribution is -0.122. The lowest BCUT2D eigenvalue weighted by atomic mass is 9.96. The highest BCUT2D eigenvalue weighted by Crippen LogP contribution is 2.32. The number of hydrogen-bond acceptors (Lipinski definition) is 2. The van der Waals surface area contributed by atoms with E-state index in [2.05, 4.69) is 25.1 Å². The first-order chi connectivity index (χ1) is 8.77. The van der Waals surface area contributed by atoms with Gasteiger partial charge in [0.1, 0.15) is 0 Å². The highest BCUT2D eigenvalue weighted by molar-refractivity contribution is 5.97. The summed E-state index contributed by atoms with van der Waals surface area (Å²) in [5, 5.41) is 0. The number of carbonyl (C=O) groups excluding carboxylic acids is 1. The number of hydrogen-bond donors (Lipinski definition) is 0. The van der Waals surface area contributed by atoms with Crippen LogP contribution in [0.5, 0.6) is 0 Å². The van der Waals surface area contributed by atoms with Gasteiger partial charge in [0.05, 0.1) is 12.5 Å². The van der Waals surface area contributed by atoms with E-state index in [4.69, 9.17) is 4.74 Å². The third kappa shape index (κ3) is 1.93. The monoisotopic (exact) mass is 245 g/mol. The fourth-order valence-electron chi connectivity index (χ4n) is 3.02. The molecule has 0 bridgehead atoms. The van der Waals surface area contributed by atoms with Crippen molar-refractivity contribution in [2.75, 3.05) is 24.7 Å². The molecule has 2 heterocycles. The van der Waals surface area contributed by atoms with Crippen molar-refractivity contribution in [2.45, 2.75) is 26.2 Å². The average molecular weight is 245 g/mol. The molecule has 3 rings (SSSR count). The molecular formula is C15H19NO2. The summed E-state index contributed by atoms with van der Waals surface area (Å²) in [4.78, 5) is 14.6. The lowest BCUT2D eigenvalue weighted by Gasteiger charge is -2.32. The van der Waals surface area contributed by atoms with E-state index >= 15 is 0 Å². The van der Waals surface area contributed by atoms with Gasteiger partial charge in [-0.3, -0.25) is 4.79 Å². The number of nitrogens with zero attached hydrogens (tertiary/aromatic N) is 1. The molecule has 1 aromatic carbocycles. The van der Waals surface area contributed by atoms with E-state index in [1.54, 1.807) is 0 Å². The van der Waals surface area contributed by atoms with E-state index < -0.39 is 0 Å². The van der Waals surface area contributed by atoms with Crippen molar-refractivity contribution >= 4 is 11.6 Å². The zero-order chi connectivity index (χ0) is 12.5. The highest BCUT2D eigenvalue weighted by Gasteiger charge is 2.31. The minimum Gasteiger partial charge on any atom is -0.381 e. The third-order valence-corrected chi connectivity index (χ3v) is 3.96. The summed E-state index contributed by atoms with van der Waals surface area (Å²) in [6, 6.07) is 6.32. The molecular weight excluding hydrogens is 226 g/mol. The number of anilines is 1. The summed E-state index contributed by atoms with van der Waals surface area (Å²) in [6.45, 7) is 4.27. The molecule has 1 atom stereocenters. The zero-order valence-corrected chi connectivity index (χ0v) is 10.8. The number of rotatable bonds is 1. The lowest BCUT2D eigenvalue weighted by Crippen LogP contribution is -2.40. The van der Waals surface area contributed by atoms with Crippen molar-refractivity contribution in [3.63, 3.8) is 0 Å². The first-order valence-corrected chi connectivity index (χ1v) is 6.75. The van der Waals surface area contributed by atoms with E-state index in [1.807, 2.05) is 4.90 Å². The summed E-state index contributed by atoms with van der Waals surface area (Å²) in [6.07, 6.45) is 3.02. The molecule has 18 heavy (non-hydrogen) atoms. The molecule has 2 aliphatic rings. The first kappa shape index (κ1) is 11.7. The van der Waals surface area contributed by atoms with Gasteiger partial charge in [-0.25, -0.2) is 0 Å². The Labute approximate surface area is 108 Å². The maximum Gasteiger partial charge on any atom is 0.232 e. The summed E-state index contributed by atoms with van der Waals surface area (Å²) in [7, 11) is 0. The van der Waals surface area contributed by atoms with Crippen molar-refractivity contribution in [1.29, 1.82) is 0 Å². The van der Waals surface area contributed by atoms with Crippen molar-refractivity contribution in [3.05, 3.63) is 29.3 Å². The van der Waals surface area contributed by atoms with Crippen molar-refractivity contribution in [2.24, 2.45) is 5.92 Å². The highest BCUT2D eigenvalue weighted by atomic mass is 16.5. The van der Waals surface area contributed by atoms with Gasteiger partial charge in [-0.15, -0.1) is 0 Å². The minimum atomic E-state index is 0.0653. The van der Waals surface area contributed by atoms with Gasteiger partial charge in [-0.05, 0) is 37.3 Å². The second-order valence-electron chi connectivity index (χ2n) is 5.24. The fourth-order valence-corrected chi connectivity index (χ4v) is 3.02. The molecule has 3 heteroatoms. The van der Waals surface area contributed by atoms with Gasteiger partial charge in [0.15, 0.2) is 0 Å². The second kappa shape index (κ2) is 4.73. The molecule has 0 N–H and O–H groups in total. The van der Waals surface area contributed by atoms with Crippen LogP contribution in [-0.4, -0.2) is 25.7 Å². The van der Waals surface area contributed by atoms with Crippen LogP contribution in [0.2, 0.25) is 0 Å². The van der Waals surface area contributed by atoms with Crippen LogP contribution in [0.4, 0.5) is 5.69 Å². The van der Waals surface area contributed by atoms with E-state index in [-0.39, 0.29) is 11.8 Å². The maximum absolute atomic E-state index is 12.6. The Balaban J connectivity index is 1.93. The third-order valence-electron chi connectivity index (χ3n) is 3.96. The van der Waals surface area contributed by atoms with Crippen LogP contribution >= 0.6 is 0 Å². The Morgan fingerprint density at radius 3 is 3.11 bits per heavy atom. The van der Waals surface area contributed by atoms with Gasteiger partial charge in [-0.1, -0.05) is 18.2 Å². The standard InChI is InChI=1S/C15H19NO2/c1-11-4-2-5-12-6-3-8-16(14(11)12)15(17)13-7-9-18-10-13/h2,4-5,13H,3,6-10H2,1H3. The second-order valence-corrected chi connectivity index (χ2v) is 5.24. The van der Waals surface area contributed by atoms with E-state index in [9.17, 15) is 4.79 Å². The van der Waals surface area contributed by atoms with Crippen LogP contribution in [0, 0.1) is 12.8 Å². The molecule has 1 amide bonds. The van der Waals surface area contributed by atoms with E-state index in [1.165, 1.54) is 11.1 Å². The summed E-state index contributed by atoms with van der Waals surface area (Å²) in [5.41, 5.74) is 3.67. The van der Waals surface area contributed by atoms with Crippen LogP contribution < -0.4 is 4.90 Å². The molecule has 1 fully saturated rings. The molecule has 0 aromatic heterocycles. The smallest absolute Gasteiger partial charge is 0.232 e. The summed E-state index contributed by atoms with van der Waals surface area (Å²) < 4.78 is 5.34. The fraction of sp³-hybridized carbons (Fsp3) is 0.533. The molecule has 0 spiro atoms. The van der Waals surface area contributed by atoms with Gasteiger partial charge in [0.25, 0.3) is 0 Å². The summed E-state index contributed by atoms with van der Waals surface area (Å²) >= 11 is 0. The number of aryl methyl sites for hydroxylation is 2. The van der Waals surface area contributed by atoms with Gasteiger partial charge >= 0.3 is 0 Å². The Hall–Kier alpha value is -1.35. The molecule has 0 aliphatic carbocycles. The molecule has 96 valence electrons. The van der Waals surface area contributed by atoms with Crippen molar-refractivity contribution < 1.29 is 9.53 Å². The van der Waals surface area contributed by atoms with Crippen LogP contribution in [0.25, 0.3) is 0 Å². The van der Waals surface area contributed by atoms with Crippen LogP contribution in [0.3, 0.4) is 0 Å². The molecule has 1 unspecified atom stereocenters. The predicted octanol–water partition coefficient (Wildman–Crippen LogP) is 2.31. The zero-order valence-electron chi connectivity index (χ0n) is 10.8. The Morgan fingerprint density at radius 2 is 2.33 bits per heavy atom. The van der Waals surface area contributed by atoms with E-state index in [0.717, 1.165) is 38.1 Å². The topological polar surface area (TPSA) is 29.5 Å². The number of para-hydroxylation sites is 1. The Morgan fingerprint density at radius 1 is 1.44 bits per heavy atom. The largest absolute Gasteiger partial charge is 0.381 e. The molecule has 1 aromatic rings. The number of benzene rings is 1. The van der Waals surface area contributed by atoms with Crippen LogP contribution in [0.1, 0.15) is 24.0 Å². The van der Waals surface area contributed by atoms with Crippen molar-refractivity contribution in [3.8, 4) is 0 Å². The number of carbonyl (C=O) groups is 1. The van der Waals surface area contributed by atoms with Gasteiger partial charge in [-0.2, -0.15) is 0 Å². The van der Waals surface area contributed by atoms with Gasteiger partial charge in [0, 0.05) is 18.8 Å². The van der Waals surface area contributed by atoms with Crippen LogP contribution in [-0.2, 0) is 16.0 Å². The predicted molar refractivity (Wildman–Crippen MR) is 70.8 cm³/mol. The molecule has 2 aliphatic heterocycles. The molecule has 0 radical (unpaired) electrons. The maximum atomic E-state index is 12.6. The SMILES string of the molecule is Cc1cccc2c1N(C(=O)C1CCOC1)CCC2.